The van der Waals surface area contributed by atoms with Crippen molar-refractivity contribution in [3.8, 4) is 0 Å². The molecule has 2 rings (SSSR count). The number of benzene rings is 1. The highest BCUT2D eigenvalue weighted by molar-refractivity contribution is 7.13. The normalized spacial score (nSPS) is 10.1. The van der Waals surface area contributed by atoms with Crippen molar-refractivity contribution in [2.75, 3.05) is 11.9 Å². The zero-order valence-corrected chi connectivity index (χ0v) is 11.0. The van der Waals surface area contributed by atoms with Crippen LogP contribution in [0.2, 0.25) is 0 Å². The number of amides is 1. The zero-order valence-electron chi connectivity index (χ0n) is 10.1. The molecule has 0 saturated carbocycles. The van der Waals surface area contributed by atoms with Crippen LogP contribution in [0, 0.1) is 6.92 Å². The van der Waals surface area contributed by atoms with Crippen LogP contribution in [0.5, 0.6) is 0 Å². The number of carbonyl (C=O) groups is 1. The summed E-state index contributed by atoms with van der Waals surface area (Å²) in [4.78, 5) is 15.8. The number of hydrogen-bond donors (Lipinski definition) is 2. The summed E-state index contributed by atoms with van der Waals surface area (Å²) in [5.74, 6) is -0.0355. The van der Waals surface area contributed by atoms with Gasteiger partial charge in [-0.1, -0.05) is 30.3 Å². The summed E-state index contributed by atoms with van der Waals surface area (Å²) in [6, 6.07) is 9.84. The van der Waals surface area contributed by atoms with Crippen LogP contribution in [0.1, 0.15) is 11.3 Å². The molecule has 0 aliphatic heterocycles. The van der Waals surface area contributed by atoms with Gasteiger partial charge in [0.1, 0.15) is 0 Å². The van der Waals surface area contributed by atoms with E-state index in [9.17, 15) is 4.79 Å². The highest BCUT2D eigenvalue weighted by Crippen LogP contribution is 2.13. The van der Waals surface area contributed by atoms with Crippen LogP contribution in [-0.4, -0.2) is 17.4 Å². The topological polar surface area (TPSA) is 54.0 Å². The number of aromatic nitrogens is 1. The van der Waals surface area contributed by atoms with Crippen LogP contribution in [0.3, 0.4) is 0 Å². The van der Waals surface area contributed by atoms with Crippen LogP contribution in [0.4, 0.5) is 5.13 Å². The van der Waals surface area contributed by atoms with E-state index in [1.54, 1.807) is 0 Å². The first-order valence-corrected chi connectivity index (χ1v) is 6.58. The molecule has 0 unspecified atom stereocenters. The lowest BCUT2D eigenvalue weighted by molar-refractivity contribution is -0.119. The molecule has 18 heavy (non-hydrogen) atoms. The lowest BCUT2D eigenvalue weighted by Crippen LogP contribution is -2.29. The van der Waals surface area contributed by atoms with Gasteiger partial charge >= 0.3 is 0 Å². The van der Waals surface area contributed by atoms with Gasteiger partial charge in [0.05, 0.1) is 12.2 Å². The van der Waals surface area contributed by atoms with Gasteiger partial charge in [-0.05, 0) is 12.5 Å². The Balaban J connectivity index is 1.73. The van der Waals surface area contributed by atoms with Gasteiger partial charge in [-0.2, -0.15) is 0 Å². The fourth-order valence-corrected chi connectivity index (χ4v) is 2.14. The van der Waals surface area contributed by atoms with E-state index in [-0.39, 0.29) is 12.5 Å². The minimum Gasteiger partial charge on any atom is -0.352 e. The maximum Gasteiger partial charge on any atom is 0.239 e. The molecule has 0 aliphatic carbocycles. The lowest BCUT2D eigenvalue weighted by Gasteiger charge is -2.05. The lowest BCUT2D eigenvalue weighted by atomic mass is 10.2. The first-order valence-electron chi connectivity index (χ1n) is 5.70. The third-order valence-electron chi connectivity index (χ3n) is 2.35. The Bertz CT molecular complexity index is 510. The molecule has 2 N–H and O–H groups in total. The average Bonchev–Trinajstić information content (AvgIpc) is 2.81. The van der Waals surface area contributed by atoms with E-state index >= 15 is 0 Å². The summed E-state index contributed by atoms with van der Waals surface area (Å²) in [6.45, 7) is 2.73. The highest BCUT2D eigenvalue weighted by atomic mass is 32.1. The molecule has 94 valence electrons. The SMILES string of the molecule is Cc1csc(NCC(=O)NCc2ccccc2)n1. The maximum absolute atomic E-state index is 11.6. The maximum atomic E-state index is 11.6. The first kappa shape index (κ1) is 12.6. The molecule has 0 aliphatic rings. The zero-order chi connectivity index (χ0) is 12.8. The van der Waals surface area contributed by atoms with E-state index in [0.717, 1.165) is 16.4 Å². The summed E-state index contributed by atoms with van der Waals surface area (Å²) < 4.78 is 0. The van der Waals surface area contributed by atoms with Crippen LogP contribution < -0.4 is 10.6 Å². The van der Waals surface area contributed by atoms with Crippen LogP contribution in [-0.2, 0) is 11.3 Å². The number of nitrogens with one attached hydrogen (secondary N) is 2. The van der Waals surface area contributed by atoms with E-state index in [4.69, 9.17) is 0 Å². The molecular formula is C13H15N3OS. The smallest absolute Gasteiger partial charge is 0.239 e. The second-order valence-corrected chi connectivity index (χ2v) is 4.77. The number of carbonyl (C=O) groups excluding carboxylic acids is 1. The predicted octanol–water partition coefficient (Wildman–Crippen LogP) is 2.18. The molecule has 1 aromatic carbocycles. The second kappa shape index (κ2) is 6.16. The van der Waals surface area contributed by atoms with Gasteiger partial charge in [0.2, 0.25) is 5.91 Å². The molecular weight excluding hydrogens is 246 g/mol. The molecule has 0 spiro atoms. The molecule has 2 aromatic rings. The molecule has 0 radical (unpaired) electrons. The molecule has 0 atom stereocenters. The first-order chi connectivity index (χ1) is 8.74. The molecule has 1 aromatic heterocycles. The van der Waals surface area contributed by atoms with Crippen molar-refractivity contribution in [2.24, 2.45) is 0 Å². The number of rotatable bonds is 5. The molecule has 1 heterocycles. The van der Waals surface area contributed by atoms with Crippen molar-refractivity contribution in [2.45, 2.75) is 13.5 Å². The van der Waals surface area contributed by atoms with Crippen LogP contribution >= 0.6 is 11.3 Å². The minimum atomic E-state index is -0.0355. The summed E-state index contributed by atoms with van der Waals surface area (Å²) in [7, 11) is 0. The van der Waals surface area contributed by atoms with Gasteiger partial charge in [-0.3, -0.25) is 4.79 Å². The molecule has 0 fully saturated rings. The fraction of sp³-hybridized carbons (Fsp3) is 0.231. The average molecular weight is 261 g/mol. The molecule has 4 nitrogen and oxygen atoms in total. The van der Waals surface area contributed by atoms with E-state index in [0.29, 0.717) is 6.54 Å². The number of aryl methyl sites for hydroxylation is 1. The van der Waals surface area contributed by atoms with Crippen LogP contribution in [0.15, 0.2) is 35.7 Å². The third-order valence-corrected chi connectivity index (χ3v) is 3.27. The Morgan fingerprint density at radius 1 is 1.33 bits per heavy atom. The Morgan fingerprint density at radius 2 is 2.11 bits per heavy atom. The summed E-state index contributed by atoms with van der Waals surface area (Å²) in [5, 5.41) is 8.58. The van der Waals surface area contributed by atoms with E-state index < -0.39 is 0 Å². The second-order valence-electron chi connectivity index (χ2n) is 3.91. The van der Waals surface area contributed by atoms with Crippen molar-refractivity contribution < 1.29 is 4.79 Å². The van der Waals surface area contributed by atoms with Crippen molar-refractivity contribution >= 4 is 22.4 Å². The van der Waals surface area contributed by atoms with E-state index in [2.05, 4.69) is 15.6 Å². The van der Waals surface area contributed by atoms with Crippen molar-refractivity contribution in [3.63, 3.8) is 0 Å². The van der Waals surface area contributed by atoms with E-state index in [1.165, 1.54) is 11.3 Å². The molecule has 1 amide bonds. The Kier molecular flexibility index (Phi) is 4.30. The van der Waals surface area contributed by atoms with Gasteiger partial charge in [0, 0.05) is 11.9 Å². The van der Waals surface area contributed by atoms with Crippen molar-refractivity contribution in [1.82, 2.24) is 10.3 Å². The van der Waals surface area contributed by atoms with Gasteiger partial charge in [-0.15, -0.1) is 11.3 Å². The number of anilines is 1. The van der Waals surface area contributed by atoms with Gasteiger partial charge in [0.25, 0.3) is 0 Å². The third kappa shape index (κ3) is 3.85. The predicted molar refractivity (Wildman–Crippen MR) is 73.6 cm³/mol. The van der Waals surface area contributed by atoms with Gasteiger partial charge in [-0.25, -0.2) is 4.98 Å². The summed E-state index contributed by atoms with van der Waals surface area (Å²) in [6.07, 6.45) is 0. The summed E-state index contributed by atoms with van der Waals surface area (Å²) >= 11 is 1.50. The Labute approximate surface area is 110 Å². The quantitative estimate of drug-likeness (QED) is 0.867. The molecule has 0 saturated heterocycles. The minimum absolute atomic E-state index is 0.0355. The molecule has 5 heteroatoms. The van der Waals surface area contributed by atoms with Gasteiger partial charge < -0.3 is 10.6 Å². The molecule has 0 bridgehead atoms. The highest BCUT2D eigenvalue weighted by Gasteiger charge is 2.03. The Morgan fingerprint density at radius 3 is 2.78 bits per heavy atom. The standard InChI is InChI=1S/C13H15N3OS/c1-10-9-18-13(16-10)15-8-12(17)14-7-11-5-3-2-4-6-11/h2-6,9H,7-8H2,1H3,(H,14,17)(H,15,16). The largest absolute Gasteiger partial charge is 0.352 e. The number of nitrogens with zero attached hydrogens (tertiary/aromatic N) is 1. The summed E-state index contributed by atoms with van der Waals surface area (Å²) in [5.41, 5.74) is 2.06. The fourth-order valence-electron chi connectivity index (χ4n) is 1.45. The number of hydrogen-bond acceptors (Lipinski definition) is 4. The van der Waals surface area contributed by atoms with Crippen LogP contribution in [0.25, 0.3) is 0 Å². The monoisotopic (exact) mass is 261 g/mol. The van der Waals surface area contributed by atoms with Crippen molar-refractivity contribution in [3.05, 3.63) is 47.0 Å². The Hall–Kier alpha value is -1.88. The number of thiazole rings is 1. The van der Waals surface area contributed by atoms with E-state index in [1.807, 2.05) is 42.6 Å². The van der Waals surface area contributed by atoms with Gasteiger partial charge in [0.15, 0.2) is 5.13 Å². The van der Waals surface area contributed by atoms with Crippen molar-refractivity contribution in [1.29, 1.82) is 0 Å².